The molecule has 0 saturated carbocycles. The number of rotatable bonds is 4. The highest BCUT2D eigenvalue weighted by Crippen LogP contribution is 2.33. The summed E-state index contributed by atoms with van der Waals surface area (Å²) in [4.78, 5) is 33.6. The van der Waals surface area contributed by atoms with Gasteiger partial charge in [-0.2, -0.15) is 0 Å². The summed E-state index contributed by atoms with van der Waals surface area (Å²) in [5.41, 5.74) is 6.98. The van der Waals surface area contributed by atoms with Gasteiger partial charge in [0.25, 0.3) is 11.8 Å². The summed E-state index contributed by atoms with van der Waals surface area (Å²) in [6.45, 7) is 7.68. The maximum absolute atomic E-state index is 13.2. The lowest BCUT2D eigenvalue weighted by molar-refractivity contribution is -0.110. The lowest BCUT2D eigenvalue weighted by Gasteiger charge is -2.32. The van der Waals surface area contributed by atoms with Crippen LogP contribution in [0.15, 0.2) is 18.2 Å². The number of nitrogens with zero attached hydrogens (tertiary/aromatic N) is 2. The predicted octanol–water partition coefficient (Wildman–Crippen LogP) is 0.405. The summed E-state index contributed by atoms with van der Waals surface area (Å²) in [7, 11) is 2.01. The number of hydrogen-bond acceptors (Lipinski definition) is 4. The van der Waals surface area contributed by atoms with Crippen LogP contribution in [0.3, 0.4) is 0 Å². The Balaban J connectivity index is 1.40. The smallest absolute Gasteiger partial charge is 0.256 e. The largest absolute Gasteiger partial charge is 0.379 e. The number of H-pyrrole nitrogens is 1. The number of carbonyl (C=O) groups is 2. The molecule has 2 aromatic rings. The molecule has 0 atom stereocenters. The Morgan fingerprint density at radius 3 is 2.74 bits per heavy atom. The van der Waals surface area contributed by atoms with E-state index in [9.17, 15) is 9.59 Å². The van der Waals surface area contributed by atoms with Crippen LogP contribution in [0.1, 0.15) is 32.9 Å². The molecule has 0 spiro atoms. The Morgan fingerprint density at radius 1 is 1.13 bits per heavy atom. The Bertz CT molecular complexity index is 1080. The molecule has 0 unspecified atom stereocenters. The van der Waals surface area contributed by atoms with E-state index in [0.29, 0.717) is 12.1 Å². The van der Waals surface area contributed by atoms with Crippen LogP contribution in [0.25, 0.3) is 11.6 Å². The number of morpholine rings is 1. The van der Waals surface area contributed by atoms with E-state index in [2.05, 4.69) is 15.2 Å². The van der Waals surface area contributed by atoms with Crippen LogP contribution in [-0.2, 0) is 16.0 Å². The van der Waals surface area contributed by atoms with E-state index in [-0.39, 0.29) is 11.8 Å². The number of anilines is 1. The maximum Gasteiger partial charge on any atom is 0.256 e. The molecule has 160 valence electrons. The molecule has 8 heteroatoms. The number of carbonyl (C=O) groups excluding carboxylic acids is 2. The first-order chi connectivity index (χ1) is 15.0. The monoisotopic (exact) mass is 418 g/mol. The second-order valence-electron chi connectivity index (χ2n) is 8.52. The standard InChI is InChI=1S/C23H27BN4O3/c1-14-19(13-15-21-16(24)3-2-4-17(21)26-22(15)29)25-18-5-6-28(23(30)20(14)18)8-7-27-9-11-31-12-10-27/h2-4,13,25H,5-12,24H2,1H3,(H,26,29)/b15-13-. The number of nitrogens with one attached hydrogen (secondary N) is 2. The summed E-state index contributed by atoms with van der Waals surface area (Å²) >= 11 is 0. The van der Waals surface area contributed by atoms with E-state index in [1.54, 1.807) is 0 Å². The average molecular weight is 418 g/mol. The molecule has 7 nitrogen and oxygen atoms in total. The fourth-order valence-corrected chi connectivity index (χ4v) is 4.82. The number of fused-ring (bicyclic) bond motifs is 2. The molecule has 3 aliphatic rings. The molecule has 4 heterocycles. The van der Waals surface area contributed by atoms with Crippen molar-refractivity contribution in [1.82, 2.24) is 14.8 Å². The van der Waals surface area contributed by atoms with E-state index < -0.39 is 0 Å². The maximum atomic E-state index is 13.2. The third kappa shape index (κ3) is 3.60. The predicted molar refractivity (Wildman–Crippen MR) is 124 cm³/mol. The highest BCUT2D eigenvalue weighted by Gasteiger charge is 2.31. The van der Waals surface area contributed by atoms with Crippen LogP contribution in [0.2, 0.25) is 0 Å². The van der Waals surface area contributed by atoms with E-state index >= 15 is 0 Å². The highest BCUT2D eigenvalue weighted by molar-refractivity contribution is 6.44. The summed E-state index contributed by atoms with van der Waals surface area (Å²) in [6, 6.07) is 5.87. The Morgan fingerprint density at radius 2 is 1.94 bits per heavy atom. The lowest BCUT2D eigenvalue weighted by atomic mass is 9.87. The number of aromatic nitrogens is 1. The zero-order valence-corrected chi connectivity index (χ0v) is 18.1. The van der Waals surface area contributed by atoms with Gasteiger partial charge in [0.05, 0.1) is 24.4 Å². The second kappa shape index (κ2) is 8.02. The van der Waals surface area contributed by atoms with Crippen molar-refractivity contribution in [3.05, 3.63) is 46.3 Å². The fraction of sp³-hybridized carbons (Fsp3) is 0.391. The summed E-state index contributed by atoms with van der Waals surface area (Å²) in [5.74, 6) is -0.0184. The van der Waals surface area contributed by atoms with Crippen LogP contribution >= 0.6 is 0 Å². The van der Waals surface area contributed by atoms with Crippen LogP contribution < -0.4 is 10.8 Å². The van der Waals surface area contributed by atoms with Gasteiger partial charge < -0.3 is 19.9 Å². The van der Waals surface area contributed by atoms with Gasteiger partial charge in [-0.05, 0) is 24.6 Å². The van der Waals surface area contributed by atoms with E-state index in [0.717, 1.165) is 85.0 Å². The van der Waals surface area contributed by atoms with Gasteiger partial charge in [-0.3, -0.25) is 14.5 Å². The molecule has 0 bridgehead atoms. The van der Waals surface area contributed by atoms with Crippen LogP contribution in [0.4, 0.5) is 5.69 Å². The van der Waals surface area contributed by atoms with Crippen LogP contribution in [0, 0.1) is 6.92 Å². The zero-order valence-electron chi connectivity index (χ0n) is 18.1. The summed E-state index contributed by atoms with van der Waals surface area (Å²) < 4.78 is 5.41. The minimum atomic E-state index is -0.102. The zero-order chi connectivity index (χ0) is 21.5. The van der Waals surface area contributed by atoms with Crippen molar-refractivity contribution < 1.29 is 14.3 Å². The first-order valence-corrected chi connectivity index (χ1v) is 11.0. The number of aromatic amines is 1. The molecule has 2 N–H and O–H groups in total. The normalized spacial score (nSPS) is 20.2. The van der Waals surface area contributed by atoms with Crippen molar-refractivity contribution in [2.75, 3.05) is 51.3 Å². The van der Waals surface area contributed by atoms with E-state index in [4.69, 9.17) is 4.74 Å². The number of benzene rings is 1. The first-order valence-electron chi connectivity index (χ1n) is 11.0. The van der Waals surface area contributed by atoms with Gasteiger partial charge in [-0.25, -0.2) is 0 Å². The van der Waals surface area contributed by atoms with E-state index in [1.165, 1.54) is 0 Å². The molecule has 2 amide bonds. The van der Waals surface area contributed by atoms with Gasteiger partial charge in [0.1, 0.15) is 7.85 Å². The lowest BCUT2D eigenvalue weighted by Crippen LogP contribution is -2.45. The Kier molecular flexibility index (Phi) is 5.19. The SMILES string of the molecule is Bc1cccc2c1/C(=C/c1[nH]c3c(c1C)C(=O)N(CCN1CCOCC1)CC3)C(=O)N2. The molecular formula is C23H27BN4O3. The van der Waals surface area contributed by atoms with Crippen molar-refractivity contribution >= 4 is 42.5 Å². The highest BCUT2D eigenvalue weighted by atomic mass is 16.5. The number of amides is 2. The number of ether oxygens (including phenoxy) is 1. The molecule has 1 aromatic carbocycles. The molecule has 1 fully saturated rings. The molecule has 1 aromatic heterocycles. The fourth-order valence-electron chi connectivity index (χ4n) is 4.82. The Labute approximate surface area is 182 Å². The van der Waals surface area contributed by atoms with Crippen LogP contribution in [-0.4, -0.2) is 80.4 Å². The minimum absolute atomic E-state index is 0.0837. The summed E-state index contributed by atoms with van der Waals surface area (Å²) in [5, 5.41) is 2.94. The van der Waals surface area contributed by atoms with Gasteiger partial charge >= 0.3 is 0 Å². The topological polar surface area (TPSA) is 77.7 Å². The molecule has 0 radical (unpaired) electrons. The Hall–Kier alpha value is -2.84. The quantitative estimate of drug-likeness (QED) is 0.557. The van der Waals surface area contributed by atoms with Gasteiger partial charge in [-0.15, -0.1) is 0 Å². The van der Waals surface area contributed by atoms with Crippen molar-refractivity contribution in [3.63, 3.8) is 0 Å². The minimum Gasteiger partial charge on any atom is -0.379 e. The van der Waals surface area contributed by atoms with Gasteiger partial charge in [0.15, 0.2) is 0 Å². The average Bonchev–Trinajstić information content (AvgIpc) is 3.26. The van der Waals surface area contributed by atoms with Gasteiger partial charge in [0.2, 0.25) is 0 Å². The van der Waals surface area contributed by atoms with Crippen LogP contribution in [0.5, 0.6) is 0 Å². The van der Waals surface area contributed by atoms with Crippen molar-refractivity contribution in [2.45, 2.75) is 13.3 Å². The molecule has 5 rings (SSSR count). The van der Waals surface area contributed by atoms with Crippen molar-refractivity contribution in [2.24, 2.45) is 0 Å². The van der Waals surface area contributed by atoms with Gasteiger partial charge in [-0.1, -0.05) is 17.6 Å². The number of hydrogen-bond donors (Lipinski definition) is 2. The first kappa shape index (κ1) is 20.1. The second-order valence-corrected chi connectivity index (χ2v) is 8.52. The van der Waals surface area contributed by atoms with E-state index in [1.807, 2.05) is 43.9 Å². The molecule has 1 saturated heterocycles. The molecular weight excluding hydrogens is 391 g/mol. The molecule has 3 aliphatic heterocycles. The van der Waals surface area contributed by atoms with Crippen molar-refractivity contribution in [3.8, 4) is 0 Å². The third-order valence-corrected chi connectivity index (χ3v) is 6.61. The summed E-state index contributed by atoms with van der Waals surface area (Å²) in [6.07, 6.45) is 2.70. The van der Waals surface area contributed by atoms with Gasteiger partial charge in [0, 0.05) is 61.8 Å². The molecule has 31 heavy (non-hydrogen) atoms. The third-order valence-electron chi connectivity index (χ3n) is 6.61. The van der Waals surface area contributed by atoms with Crippen molar-refractivity contribution in [1.29, 1.82) is 0 Å². The molecule has 0 aliphatic carbocycles.